The van der Waals surface area contributed by atoms with Crippen LogP contribution >= 0.6 is 0 Å². The monoisotopic (exact) mass is 236 g/mol. The number of likely N-dealkylation sites (tertiary alicyclic amines) is 1. The summed E-state index contributed by atoms with van der Waals surface area (Å²) in [7, 11) is 0. The van der Waals surface area contributed by atoms with E-state index in [1.165, 1.54) is 38.5 Å². The summed E-state index contributed by atoms with van der Waals surface area (Å²) in [5.41, 5.74) is 0. The average molecular weight is 236 g/mol. The molecule has 0 aromatic rings. The SMILES string of the molecule is O=C([C@@H]1CCCCN1)N1CC2CCCCC2C1. The molecule has 0 spiro atoms. The minimum absolute atomic E-state index is 0.129. The van der Waals surface area contributed by atoms with Crippen LogP contribution in [-0.2, 0) is 4.79 Å². The summed E-state index contributed by atoms with van der Waals surface area (Å²) in [6.07, 6.45) is 8.96. The molecule has 96 valence electrons. The summed E-state index contributed by atoms with van der Waals surface area (Å²) < 4.78 is 0. The Morgan fingerprint density at radius 2 is 1.59 bits per heavy atom. The zero-order chi connectivity index (χ0) is 11.7. The van der Waals surface area contributed by atoms with Crippen molar-refractivity contribution in [1.82, 2.24) is 10.2 Å². The van der Waals surface area contributed by atoms with E-state index < -0.39 is 0 Å². The van der Waals surface area contributed by atoms with Crippen LogP contribution in [0.15, 0.2) is 0 Å². The fraction of sp³-hybridized carbons (Fsp3) is 0.929. The average Bonchev–Trinajstić information content (AvgIpc) is 2.82. The molecule has 3 fully saturated rings. The van der Waals surface area contributed by atoms with E-state index in [-0.39, 0.29) is 6.04 Å². The second-order valence-electron chi connectivity index (χ2n) is 6.05. The Morgan fingerprint density at radius 3 is 2.18 bits per heavy atom. The van der Waals surface area contributed by atoms with Crippen LogP contribution in [0.4, 0.5) is 0 Å². The Hall–Kier alpha value is -0.570. The predicted octanol–water partition coefficient (Wildman–Crippen LogP) is 1.78. The number of amides is 1. The molecule has 2 saturated heterocycles. The molecule has 3 nitrogen and oxygen atoms in total. The largest absolute Gasteiger partial charge is 0.341 e. The van der Waals surface area contributed by atoms with E-state index >= 15 is 0 Å². The molecule has 0 aromatic carbocycles. The van der Waals surface area contributed by atoms with Crippen molar-refractivity contribution in [2.45, 2.75) is 51.0 Å². The Bertz CT molecular complexity index is 272. The molecule has 1 amide bonds. The zero-order valence-electron chi connectivity index (χ0n) is 10.7. The molecule has 1 N–H and O–H groups in total. The molecule has 2 unspecified atom stereocenters. The summed E-state index contributed by atoms with van der Waals surface area (Å²) in [5, 5.41) is 3.39. The summed E-state index contributed by atoms with van der Waals surface area (Å²) in [4.78, 5) is 14.6. The van der Waals surface area contributed by atoms with Gasteiger partial charge in [-0.3, -0.25) is 4.79 Å². The molecule has 3 rings (SSSR count). The Labute approximate surface area is 104 Å². The lowest BCUT2D eigenvalue weighted by atomic mass is 9.82. The number of piperidine rings is 1. The lowest BCUT2D eigenvalue weighted by molar-refractivity contribution is -0.133. The number of nitrogens with zero attached hydrogens (tertiary/aromatic N) is 1. The molecular weight excluding hydrogens is 212 g/mol. The minimum Gasteiger partial charge on any atom is -0.341 e. The van der Waals surface area contributed by atoms with E-state index in [0.717, 1.165) is 37.9 Å². The highest BCUT2D eigenvalue weighted by Gasteiger charge is 2.38. The maximum Gasteiger partial charge on any atom is 0.239 e. The van der Waals surface area contributed by atoms with E-state index in [0.29, 0.717) is 5.91 Å². The van der Waals surface area contributed by atoms with Gasteiger partial charge in [-0.2, -0.15) is 0 Å². The smallest absolute Gasteiger partial charge is 0.239 e. The van der Waals surface area contributed by atoms with Crippen LogP contribution in [0.1, 0.15) is 44.9 Å². The molecule has 1 saturated carbocycles. The first-order chi connectivity index (χ1) is 8.34. The molecule has 3 heteroatoms. The predicted molar refractivity (Wildman–Crippen MR) is 67.7 cm³/mol. The number of fused-ring (bicyclic) bond motifs is 1. The van der Waals surface area contributed by atoms with Crippen LogP contribution in [0.5, 0.6) is 0 Å². The molecular formula is C14H24N2O. The van der Waals surface area contributed by atoms with Crippen LogP contribution in [0.3, 0.4) is 0 Å². The highest BCUT2D eigenvalue weighted by Crippen LogP contribution is 2.36. The van der Waals surface area contributed by atoms with Gasteiger partial charge in [0.25, 0.3) is 0 Å². The second-order valence-corrected chi connectivity index (χ2v) is 6.05. The van der Waals surface area contributed by atoms with Crippen molar-refractivity contribution in [2.75, 3.05) is 19.6 Å². The first kappa shape index (κ1) is 11.5. The van der Waals surface area contributed by atoms with Gasteiger partial charge in [0, 0.05) is 13.1 Å². The topological polar surface area (TPSA) is 32.3 Å². The Kier molecular flexibility index (Phi) is 3.37. The van der Waals surface area contributed by atoms with Gasteiger partial charge in [-0.25, -0.2) is 0 Å². The lowest BCUT2D eigenvalue weighted by Crippen LogP contribution is -2.47. The van der Waals surface area contributed by atoms with Gasteiger partial charge < -0.3 is 10.2 Å². The highest BCUT2D eigenvalue weighted by atomic mass is 16.2. The van der Waals surface area contributed by atoms with Gasteiger partial charge in [-0.05, 0) is 44.1 Å². The van der Waals surface area contributed by atoms with E-state index in [2.05, 4.69) is 10.2 Å². The molecule has 17 heavy (non-hydrogen) atoms. The van der Waals surface area contributed by atoms with Gasteiger partial charge >= 0.3 is 0 Å². The zero-order valence-corrected chi connectivity index (χ0v) is 10.7. The fourth-order valence-corrected chi connectivity index (χ4v) is 3.87. The third-order valence-corrected chi connectivity index (χ3v) is 4.90. The van der Waals surface area contributed by atoms with Crippen LogP contribution in [0.25, 0.3) is 0 Å². The number of hydrogen-bond acceptors (Lipinski definition) is 2. The quantitative estimate of drug-likeness (QED) is 0.752. The van der Waals surface area contributed by atoms with Crippen molar-refractivity contribution in [3.8, 4) is 0 Å². The van der Waals surface area contributed by atoms with Crippen molar-refractivity contribution in [3.63, 3.8) is 0 Å². The Morgan fingerprint density at radius 1 is 0.941 bits per heavy atom. The van der Waals surface area contributed by atoms with Crippen molar-refractivity contribution in [2.24, 2.45) is 11.8 Å². The number of carbonyl (C=O) groups excluding carboxylic acids is 1. The number of hydrogen-bond donors (Lipinski definition) is 1. The first-order valence-electron chi connectivity index (χ1n) is 7.37. The van der Waals surface area contributed by atoms with E-state index in [1.807, 2.05) is 0 Å². The Balaban J connectivity index is 1.59. The first-order valence-corrected chi connectivity index (χ1v) is 7.37. The van der Waals surface area contributed by atoms with E-state index in [9.17, 15) is 4.79 Å². The number of rotatable bonds is 1. The van der Waals surface area contributed by atoms with Crippen LogP contribution in [0.2, 0.25) is 0 Å². The van der Waals surface area contributed by atoms with Crippen molar-refractivity contribution in [1.29, 1.82) is 0 Å². The van der Waals surface area contributed by atoms with Gasteiger partial charge in [0.1, 0.15) is 0 Å². The van der Waals surface area contributed by atoms with E-state index in [4.69, 9.17) is 0 Å². The molecule has 0 radical (unpaired) electrons. The maximum atomic E-state index is 12.4. The van der Waals surface area contributed by atoms with Crippen LogP contribution in [-0.4, -0.2) is 36.5 Å². The van der Waals surface area contributed by atoms with Crippen molar-refractivity contribution < 1.29 is 4.79 Å². The molecule has 3 atom stereocenters. The van der Waals surface area contributed by atoms with E-state index in [1.54, 1.807) is 0 Å². The van der Waals surface area contributed by atoms with Gasteiger partial charge in [0.2, 0.25) is 5.91 Å². The van der Waals surface area contributed by atoms with Crippen molar-refractivity contribution in [3.05, 3.63) is 0 Å². The van der Waals surface area contributed by atoms with Crippen LogP contribution in [0, 0.1) is 11.8 Å². The van der Waals surface area contributed by atoms with Gasteiger partial charge in [0.15, 0.2) is 0 Å². The second kappa shape index (κ2) is 4.97. The third kappa shape index (κ3) is 2.35. The van der Waals surface area contributed by atoms with Gasteiger partial charge in [0.05, 0.1) is 6.04 Å². The van der Waals surface area contributed by atoms with Gasteiger partial charge in [-0.1, -0.05) is 19.3 Å². The normalized spacial score (nSPS) is 37.9. The molecule has 2 heterocycles. The molecule has 3 aliphatic rings. The summed E-state index contributed by atoms with van der Waals surface area (Å²) in [6.45, 7) is 3.11. The van der Waals surface area contributed by atoms with Crippen LogP contribution < -0.4 is 5.32 Å². The van der Waals surface area contributed by atoms with Gasteiger partial charge in [-0.15, -0.1) is 0 Å². The number of nitrogens with one attached hydrogen (secondary N) is 1. The summed E-state index contributed by atoms with van der Waals surface area (Å²) in [5.74, 6) is 2.02. The standard InChI is InChI=1S/C14H24N2O/c17-14(13-7-3-4-8-15-13)16-9-11-5-1-2-6-12(11)10-16/h11-13,15H,1-10H2/t11?,12?,13-/m0/s1. The molecule has 0 bridgehead atoms. The maximum absolute atomic E-state index is 12.4. The highest BCUT2D eigenvalue weighted by molar-refractivity contribution is 5.82. The summed E-state index contributed by atoms with van der Waals surface area (Å²) in [6, 6.07) is 0.129. The third-order valence-electron chi connectivity index (χ3n) is 4.90. The van der Waals surface area contributed by atoms with Crippen molar-refractivity contribution >= 4 is 5.91 Å². The molecule has 2 aliphatic heterocycles. The lowest BCUT2D eigenvalue weighted by Gasteiger charge is -2.27. The molecule has 0 aromatic heterocycles. The summed E-state index contributed by atoms with van der Waals surface area (Å²) >= 11 is 0. The molecule has 1 aliphatic carbocycles. The fourth-order valence-electron chi connectivity index (χ4n) is 3.87. The minimum atomic E-state index is 0.129. The number of carbonyl (C=O) groups is 1.